The van der Waals surface area contributed by atoms with E-state index >= 15 is 0 Å². The Morgan fingerprint density at radius 1 is 1.33 bits per heavy atom. The Kier molecular flexibility index (Phi) is 7.06. The summed E-state index contributed by atoms with van der Waals surface area (Å²) in [6.07, 6.45) is 2.83. The van der Waals surface area contributed by atoms with Gasteiger partial charge in [-0.2, -0.15) is 0 Å². The van der Waals surface area contributed by atoms with Crippen LogP contribution in [0.2, 0.25) is 0 Å². The van der Waals surface area contributed by atoms with Gasteiger partial charge in [0.15, 0.2) is 0 Å². The fourth-order valence-electron chi connectivity index (χ4n) is 2.37. The topological polar surface area (TPSA) is 77.2 Å². The standard InChI is InChI=1S/C18H25NO5/c1-3-22-18(21)17(19-13(2)20)11-14-6-8-15(9-7-14)23-10-4-5-16-12-24-16/h6-9,16-17H,3-5,10-12H2,1-2H3,(H,19,20)/t16?,17-/m0/s1. The number of ether oxygens (including phenoxy) is 3. The van der Waals surface area contributed by atoms with Crippen LogP contribution in [0, 0.1) is 0 Å². The average molecular weight is 335 g/mol. The van der Waals surface area contributed by atoms with E-state index in [4.69, 9.17) is 14.2 Å². The molecule has 0 aromatic heterocycles. The quantitative estimate of drug-likeness (QED) is 0.401. The van der Waals surface area contributed by atoms with Crippen LogP contribution in [-0.2, 0) is 25.5 Å². The monoisotopic (exact) mass is 335 g/mol. The molecule has 0 bridgehead atoms. The fraction of sp³-hybridized carbons (Fsp3) is 0.556. The number of carbonyl (C=O) groups is 2. The van der Waals surface area contributed by atoms with Gasteiger partial charge in [-0.1, -0.05) is 12.1 Å². The summed E-state index contributed by atoms with van der Waals surface area (Å²) in [5.74, 6) is 0.116. The van der Waals surface area contributed by atoms with Crippen LogP contribution < -0.4 is 10.1 Å². The van der Waals surface area contributed by atoms with Gasteiger partial charge in [-0.05, 0) is 37.5 Å². The van der Waals surface area contributed by atoms with Gasteiger partial charge in [-0.15, -0.1) is 0 Å². The molecule has 6 heteroatoms. The minimum Gasteiger partial charge on any atom is -0.494 e. The molecule has 2 atom stereocenters. The minimum absolute atomic E-state index is 0.257. The Morgan fingerprint density at radius 2 is 2.04 bits per heavy atom. The van der Waals surface area contributed by atoms with Crippen LogP contribution in [0.25, 0.3) is 0 Å². The van der Waals surface area contributed by atoms with Crippen molar-refractivity contribution in [3.05, 3.63) is 29.8 Å². The van der Waals surface area contributed by atoms with Crippen LogP contribution in [0.3, 0.4) is 0 Å². The molecule has 1 aromatic carbocycles. The molecule has 1 heterocycles. The predicted octanol–water partition coefficient (Wildman–Crippen LogP) is 1.85. The average Bonchev–Trinajstić information content (AvgIpc) is 3.36. The number of nitrogens with one attached hydrogen (secondary N) is 1. The van der Waals surface area contributed by atoms with E-state index in [1.807, 2.05) is 24.3 Å². The number of benzene rings is 1. The molecule has 1 fully saturated rings. The lowest BCUT2D eigenvalue weighted by Gasteiger charge is -2.16. The summed E-state index contributed by atoms with van der Waals surface area (Å²) in [7, 11) is 0. The molecule has 1 unspecified atom stereocenters. The van der Waals surface area contributed by atoms with Crippen LogP contribution in [-0.4, -0.2) is 43.8 Å². The smallest absolute Gasteiger partial charge is 0.328 e. The molecule has 0 saturated carbocycles. The summed E-state index contributed by atoms with van der Waals surface area (Å²) in [5, 5.41) is 2.63. The normalized spacial score (nSPS) is 17.0. The van der Waals surface area contributed by atoms with Crippen molar-refractivity contribution in [1.82, 2.24) is 5.32 Å². The summed E-state index contributed by atoms with van der Waals surface area (Å²) in [6.45, 7) is 4.95. The first-order chi connectivity index (χ1) is 11.6. The number of rotatable bonds is 10. The van der Waals surface area contributed by atoms with Gasteiger partial charge >= 0.3 is 5.97 Å². The second kappa shape index (κ2) is 9.27. The summed E-state index contributed by atoms with van der Waals surface area (Å²) in [4.78, 5) is 23.2. The van der Waals surface area contributed by atoms with Crippen LogP contribution >= 0.6 is 0 Å². The Bertz CT molecular complexity index is 539. The SMILES string of the molecule is CCOC(=O)[C@H](Cc1ccc(OCCCC2CO2)cc1)NC(C)=O. The van der Waals surface area contributed by atoms with E-state index in [1.54, 1.807) is 6.92 Å². The first-order valence-electron chi connectivity index (χ1n) is 8.35. The van der Waals surface area contributed by atoms with E-state index in [1.165, 1.54) is 6.92 Å². The second-order valence-electron chi connectivity index (χ2n) is 5.80. The lowest BCUT2D eigenvalue weighted by Crippen LogP contribution is -2.42. The number of carbonyl (C=O) groups excluding carboxylic acids is 2. The molecular formula is C18H25NO5. The van der Waals surface area contributed by atoms with E-state index < -0.39 is 12.0 Å². The largest absolute Gasteiger partial charge is 0.494 e. The molecule has 1 amide bonds. The van der Waals surface area contributed by atoms with Crippen molar-refractivity contribution in [3.8, 4) is 5.75 Å². The number of hydrogen-bond donors (Lipinski definition) is 1. The third-order valence-corrected chi connectivity index (χ3v) is 3.65. The molecule has 1 N–H and O–H groups in total. The molecule has 24 heavy (non-hydrogen) atoms. The Morgan fingerprint density at radius 3 is 2.62 bits per heavy atom. The molecular weight excluding hydrogens is 310 g/mol. The van der Waals surface area contributed by atoms with Crippen molar-refractivity contribution in [2.24, 2.45) is 0 Å². The van der Waals surface area contributed by atoms with Crippen molar-refractivity contribution < 1.29 is 23.8 Å². The number of epoxide rings is 1. The molecule has 1 aliphatic rings. The summed E-state index contributed by atoms with van der Waals surface area (Å²) < 4.78 is 15.8. The lowest BCUT2D eigenvalue weighted by atomic mass is 10.1. The van der Waals surface area contributed by atoms with Gasteiger partial charge in [-0.3, -0.25) is 4.79 Å². The summed E-state index contributed by atoms with van der Waals surface area (Å²) in [6, 6.07) is 6.87. The minimum atomic E-state index is -0.673. The zero-order valence-electron chi connectivity index (χ0n) is 14.2. The van der Waals surface area contributed by atoms with Crippen molar-refractivity contribution in [1.29, 1.82) is 0 Å². The Labute approximate surface area is 142 Å². The Balaban J connectivity index is 1.82. The maximum absolute atomic E-state index is 11.9. The lowest BCUT2D eigenvalue weighted by molar-refractivity contribution is -0.147. The van der Waals surface area contributed by atoms with Gasteiger partial charge in [-0.25, -0.2) is 4.79 Å². The van der Waals surface area contributed by atoms with Gasteiger partial charge in [0.25, 0.3) is 0 Å². The third kappa shape index (κ3) is 6.58. The van der Waals surface area contributed by atoms with Crippen molar-refractivity contribution >= 4 is 11.9 Å². The molecule has 0 aliphatic carbocycles. The van der Waals surface area contributed by atoms with Crippen LogP contribution in [0.5, 0.6) is 5.75 Å². The van der Waals surface area contributed by atoms with Crippen molar-refractivity contribution in [3.63, 3.8) is 0 Å². The number of amides is 1. The molecule has 132 valence electrons. The van der Waals surface area contributed by atoms with E-state index in [0.29, 0.717) is 19.1 Å². The predicted molar refractivity (Wildman–Crippen MR) is 88.9 cm³/mol. The molecule has 0 spiro atoms. The highest BCUT2D eigenvalue weighted by Crippen LogP contribution is 2.17. The first kappa shape index (κ1) is 18.3. The van der Waals surface area contributed by atoms with E-state index in [0.717, 1.165) is 30.8 Å². The maximum Gasteiger partial charge on any atom is 0.328 e. The summed E-state index contributed by atoms with van der Waals surface area (Å²) >= 11 is 0. The molecule has 1 aliphatic heterocycles. The van der Waals surface area contributed by atoms with Gasteiger partial charge < -0.3 is 19.5 Å². The summed E-state index contributed by atoms with van der Waals surface area (Å²) in [5.41, 5.74) is 0.931. The van der Waals surface area contributed by atoms with Crippen LogP contribution in [0.15, 0.2) is 24.3 Å². The number of hydrogen-bond acceptors (Lipinski definition) is 5. The van der Waals surface area contributed by atoms with Crippen molar-refractivity contribution in [2.45, 2.75) is 45.3 Å². The fourth-order valence-corrected chi connectivity index (χ4v) is 2.37. The van der Waals surface area contributed by atoms with E-state index in [9.17, 15) is 9.59 Å². The number of esters is 1. The van der Waals surface area contributed by atoms with Crippen molar-refractivity contribution in [2.75, 3.05) is 19.8 Å². The first-order valence-corrected chi connectivity index (χ1v) is 8.35. The Hall–Kier alpha value is -2.08. The second-order valence-corrected chi connectivity index (χ2v) is 5.80. The van der Waals surface area contributed by atoms with E-state index in [-0.39, 0.29) is 12.5 Å². The van der Waals surface area contributed by atoms with Gasteiger partial charge in [0, 0.05) is 13.3 Å². The third-order valence-electron chi connectivity index (χ3n) is 3.65. The molecule has 2 rings (SSSR count). The molecule has 1 saturated heterocycles. The van der Waals surface area contributed by atoms with Gasteiger partial charge in [0.2, 0.25) is 5.91 Å². The van der Waals surface area contributed by atoms with E-state index in [2.05, 4.69) is 5.32 Å². The van der Waals surface area contributed by atoms with Gasteiger partial charge in [0.05, 0.1) is 25.9 Å². The zero-order chi connectivity index (χ0) is 17.4. The molecule has 0 radical (unpaired) electrons. The highest BCUT2D eigenvalue weighted by molar-refractivity contribution is 5.83. The zero-order valence-corrected chi connectivity index (χ0v) is 14.2. The van der Waals surface area contributed by atoms with Crippen LogP contribution in [0.1, 0.15) is 32.3 Å². The molecule has 6 nitrogen and oxygen atoms in total. The molecule has 1 aromatic rings. The van der Waals surface area contributed by atoms with Crippen LogP contribution in [0.4, 0.5) is 0 Å². The maximum atomic E-state index is 11.9. The highest BCUT2D eigenvalue weighted by Gasteiger charge is 2.22. The van der Waals surface area contributed by atoms with Gasteiger partial charge in [0.1, 0.15) is 11.8 Å². The highest BCUT2D eigenvalue weighted by atomic mass is 16.6.